The summed E-state index contributed by atoms with van der Waals surface area (Å²) in [5, 5.41) is 25.5. The molecule has 2 N–H and O–H groups in total. The van der Waals surface area contributed by atoms with Crippen molar-refractivity contribution in [3.8, 4) is 11.4 Å². The van der Waals surface area contributed by atoms with Crippen LogP contribution in [-0.2, 0) is 9.53 Å². The molecule has 1 aromatic heterocycles. The van der Waals surface area contributed by atoms with Gasteiger partial charge in [-0.3, -0.25) is 4.79 Å². The molecule has 9 heteroatoms. The van der Waals surface area contributed by atoms with Gasteiger partial charge in [0.05, 0.1) is 0 Å². The molecular formula is C23H33N5O4. The lowest BCUT2D eigenvalue weighted by atomic mass is 9.98. The predicted octanol–water partition coefficient (Wildman–Crippen LogP) is 2.10. The van der Waals surface area contributed by atoms with Crippen LogP contribution in [0.2, 0.25) is 0 Å². The minimum Gasteiger partial charge on any atom is -0.369 e. The molecule has 32 heavy (non-hydrogen) atoms. The van der Waals surface area contributed by atoms with Gasteiger partial charge in [0.25, 0.3) is 5.91 Å². The van der Waals surface area contributed by atoms with Gasteiger partial charge in [-0.25, -0.2) is 14.6 Å². The Morgan fingerprint density at radius 3 is 2.47 bits per heavy atom. The molecule has 0 fully saturated rings. The monoisotopic (exact) mass is 443 g/mol. The highest BCUT2D eigenvalue weighted by atomic mass is 16.6. The van der Waals surface area contributed by atoms with E-state index in [-0.39, 0.29) is 12.8 Å². The summed E-state index contributed by atoms with van der Waals surface area (Å²) in [4.78, 5) is 19.8. The summed E-state index contributed by atoms with van der Waals surface area (Å²) in [5.74, 6) is -2.64. The fourth-order valence-corrected chi connectivity index (χ4v) is 3.69. The van der Waals surface area contributed by atoms with E-state index in [1.165, 1.54) is 16.9 Å². The number of carbonyl (C=O) groups excluding carboxylic acids is 1. The third kappa shape index (κ3) is 5.24. The Balaban J connectivity index is 1.67. The number of benzene rings is 1. The smallest absolute Gasteiger partial charge is 0.310 e. The molecule has 9 nitrogen and oxygen atoms in total. The molecule has 2 aromatic rings. The van der Waals surface area contributed by atoms with Crippen LogP contribution >= 0.6 is 0 Å². The lowest BCUT2D eigenvalue weighted by molar-refractivity contribution is -0.271. The van der Waals surface area contributed by atoms with Crippen molar-refractivity contribution < 1.29 is 19.7 Å². The molecule has 0 aliphatic carbocycles. The summed E-state index contributed by atoms with van der Waals surface area (Å²) in [5.41, 5.74) is 3.13. The predicted molar refractivity (Wildman–Crippen MR) is 121 cm³/mol. The molecule has 0 radical (unpaired) electrons. The summed E-state index contributed by atoms with van der Waals surface area (Å²) in [6.45, 7) is 7.02. The third-order valence-electron chi connectivity index (χ3n) is 5.55. The fraction of sp³-hybridized carbons (Fsp3) is 0.522. The van der Waals surface area contributed by atoms with Crippen molar-refractivity contribution in [1.29, 1.82) is 0 Å². The lowest BCUT2D eigenvalue weighted by Gasteiger charge is -2.37. The first-order valence-corrected chi connectivity index (χ1v) is 11.0. The van der Waals surface area contributed by atoms with Crippen LogP contribution in [0.4, 0.5) is 0 Å². The normalized spacial score (nSPS) is 14.9. The van der Waals surface area contributed by atoms with Crippen LogP contribution < -0.4 is 0 Å². The van der Waals surface area contributed by atoms with E-state index in [9.17, 15) is 15.0 Å². The van der Waals surface area contributed by atoms with Crippen LogP contribution in [0.1, 0.15) is 45.2 Å². The zero-order valence-electron chi connectivity index (χ0n) is 19.2. The van der Waals surface area contributed by atoms with Crippen molar-refractivity contribution in [2.75, 3.05) is 33.5 Å². The van der Waals surface area contributed by atoms with Gasteiger partial charge in [0.2, 0.25) is 0 Å². The molecule has 0 saturated heterocycles. The van der Waals surface area contributed by atoms with Gasteiger partial charge in [0.1, 0.15) is 13.1 Å². The maximum absolute atomic E-state index is 12.8. The van der Waals surface area contributed by atoms with E-state index in [4.69, 9.17) is 4.74 Å². The Kier molecular flexibility index (Phi) is 7.78. The van der Waals surface area contributed by atoms with Crippen molar-refractivity contribution >= 4 is 11.5 Å². The number of hydrogen-bond donors (Lipinski definition) is 2. The molecule has 1 aliphatic heterocycles. The van der Waals surface area contributed by atoms with Gasteiger partial charge in [0, 0.05) is 38.3 Å². The number of carbonyl (C=O) groups is 1. The Bertz CT molecular complexity index is 930. The molecule has 0 spiro atoms. The highest BCUT2D eigenvalue weighted by Gasteiger charge is 2.43. The Morgan fingerprint density at radius 2 is 1.94 bits per heavy atom. The Labute approximate surface area is 188 Å². The maximum Gasteiger partial charge on any atom is 0.310 e. The molecule has 1 aromatic carbocycles. The van der Waals surface area contributed by atoms with E-state index in [2.05, 4.69) is 23.9 Å². The van der Waals surface area contributed by atoms with E-state index < -0.39 is 11.8 Å². The Morgan fingerprint density at radius 1 is 1.25 bits per heavy atom. The molecule has 1 aliphatic rings. The highest BCUT2D eigenvalue weighted by Crippen LogP contribution is 2.26. The SMILES string of the molecule is CCCN(COC)C(O)(O)C(=O)N1CC=C(c2ccc(-c3ncn(C(C)C)n3)cc2)CC1. The largest absolute Gasteiger partial charge is 0.369 e. The van der Waals surface area contributed by atoms with Crippen molar-refractivity contribution in [3.63, 3.8) is 0 Å². The summed E-state index contributed by atoms with van der Waals surface area (Å²) >= 11 is 0. The lowest BCUT2D eigenvalue weighted by Crippen LogP contribution is -2.61. The summed E-state index contributed by atoms with van der Waals surface area (Å²) in [6.07, 6.45) is 4.98. The van der Waals surface area contributed by atoms with Crippen molar-refractivity contribution in [2.45, 2.75) is 45.6 Å². The molecule has 0 saturated carbocycles. The average Bonchev–Trinajstić information content (AvgIpc) is 3.29. The average molecular weight is 444 g/mol. The number of hydrogen-bond acceptors (Lipinski definition) is 7. The zero-order valence-corrected chi connectivity index (χ0v) is 19.2. The summed E-state index contributed by atoms with van der Waals surface area (Å²) in [6, 6.07) is 8.30. The molecule has 0 bridgehead atoms. The second-order valence-electron chi connectivity index (χ2n) is 8.27. The van der Waals surface area contributed by atoms with Crippen molar-refractivity contribution in [1.82, 2.24) is 24.6 Å². The van der Waals surface area contributed by atoms with E-state index in [0.717, 1.165) is 16.7 Å². The van der Waals surface area contributed by atoms with Gasteiger partial charge >= 0.3 is 5.91 Å². The fourth-order valence-electron chi connectivity index (χ4n) is 3.69. The Hall–Kier alpha value is -2.59. The van der Waals surface area contributed by atoms with Crippen LogP contribution in [0.3, 0.4) is 0 Å². The summed E-state index contributed by atoms with van der Waals surface area (Å²) < 4.78 is 6.85. The number of ether oxygens (including phenoxy) is 1. The van der Waals surface area contributed by atoms with Crippen LogP contribution in [0, 0.1) is 0 Å². The minimum atomic E-state index is -2.59. The van der Waals surface area contributed by atoms with Gasteiger partial charge in [-0.15, -0.1) is 0 Å². The maximum atomic E-state index is 12.8. The number of rotatable bonds is 9. The molecule has 3 rings (SSSR count). The number of aliphatic hydroxyl groups is 2. The second kappa shape index (κ2) is 10.4. The molecule has 2 heterocycles. The van der Waals surface area contributed by atoms with E-state index in [0.29, 0.717) is 38.3 Å². The van der Waals surface area contributed by atoms with Gasteiger partial charge in [-0.2, -0.15) is 5.10 Å². The van der Waals surface area contributed by atoms with Crippen molar-refractivity contribution in [2.24, 2.45) is 0 Å². The van der Waals surface area contributed by atoms with Gasteiger partial charge in [-0.1, -0.05) is 37.3 Å². The molecule has 0 unspecified atom stereocenters. The zero-order chi connectivity index (χ0) is 23.3. The van der Waals surface area contributed by atoms with E-state index in [1.807, 2.05) is 41.9 Å². The highest BCUT2D eigenvalue weighted by molar-refractivity contribution is 5.84. The quantitative estimate of drug-likeness (QED) is 0.572. The van der Waals surface area contributed by atoms with E-state index in [1.54, 1.807) is 6.33 Å². The molecular weight excluding hydrogens is 410 g/mol. The third-order valence-corrected chi connectivity index (χ3v) is 5.55. The standard InChI is InChI=1S/C23H33N5O4/c1-5-12-27(16-32-4)23(30,31)22(29)26-13-10-19(11-14-26)18-6-8-20(9-7-18)21-24-15-28(25-21)17(2)3/h6-10,15,17,30-31H,5,11-14,16H2,1-4H3. The minimum absolute atomic E-state index is 0.0435. The second-order valence-corrected chi connectivity index (χ2v) is 8.27. The van der Waals surface area contributed by atoms with Gasteiger partial charge in [0.15, 0.2) is 5.82 Å². The first-order chi connectivity index (χ1) is 15.3. The van der Waals surface area contributed by atoms with Gasteiger partial charge in [-0.05, 0) is 37.8 Å². The topological polar surface area (TPSA) is 104 Å². The number of nitrogens with zero attached hydrogens (tertiary/aromatic N) is 5. The van der Waals surface area contributed by atoms with Gasteiger partial charge < -0.3 is 19.8 Å². The molecule has 0 atom stereocenters. The van der Waals surface area contributed by atoms with Crippen LogP contribution in [0.25, 0.3) is 17.0 Å². The molecule has 1 amide bonds. The van der Waals surface area contributed by atoms with Crippen LogP contribution in [0.15, 0.2) is 36.7 Å². The first-order valence-electron chi connectivity index (χ1n) is 11.0. The number of methoxy groups -OCH3 is 1. The summed E-state index contributed by atoms with van der Waals surface area (Å²) in [7, 11) is 1.45. The van der Waals surface area contributed by atoms with Crippen LogP contribution in [-0.4, -0.2) is 80.1 Å². The number of aromatic nitrogens is 3. The van der Waals surface area contributed by atoms with E-state index >= 15 is 0 Å². The first kappa shape index (κ1) is 24.1. The number of amides is 1. The van der Waals surface area contributed by atoms with Crippen molar-refractivity contribution in [3.05, 3.63) is 42.2 Å². The molecule has 174 valence electrons. The van der Waals surface area contributed by atoms with Crippen LogP contribution in [0.5, 0.6) is 0 Å².